The molecule has 198 valence electrons. The maximum Gasteiger partial charge on any atom is 0.292 e. The van der Waals surface area contributed by atoms with Gasteiger partial charge in [-0.1, -0.05) is 24.3 Å². The van der Waals surface area contributed by atoms with Crippen molar-refractivity contribution >= 4 is 60.8 Å². The highest BCUT2D eigenvalue weighted by molar-refractivity contribution is 14.1. The standard InChI is InChI=1S/C28H22IN9O2/c1-14-5-3-7-16-11-18(38(27(39)21(14)16)25-15(2)6-4-10-32-25)13-37-26-22(24(30)34-29-35-26)23(36-37)17-8-9-20-19(12-17)33-28(31)40-20/h3-12H,13H2,1-2H3,(H2,31,33)(H2,30,34,35). The van der Waals surface area contributed by atoms with Gasteiger partial charge in [-0.3, -0.25) is 9.36 Å². The molecule has 4 N–H and O–H groups in total. The Labute approximate surface area is 237 Å². The molecule has 6 aromatic rings. The highest BCUT2D eigenvalue weighted by Crippen LogP contribution is 2.37. The molecule has 4 aromatic heterocycles. The molecule has 0 amide bonds. The molecule has 11 nitrogen and oxygen atoms in total. The SMILES string of the molecule is Cc1cccnc1-n1c(Cn2nc(-c3ccc4oc(N)nc4c3)c3c2N=IN=C3N)cc2cccc(C)c2c1=O. The number of oxazole rings is 1. The van der Waals surface area contributed by atoms with Gasteiger partial charge in [0.1, 0.15) is 44.2 Å². The van der Waals surface area contributed by atoms with Gasteiger partial charge in [0.05, 0.1) is 23.2 Å². The molecule has 0 atom stereocenters. The lowest BCUT2D eigenvalue weighted by atomic mass is 10.1. The van der Waals surface area contributed by atoms with E-state index in [0.29, 0.717) is 45.2 Å². The van der Waals surface area contributed by atoms with Crippen LogP contribution in [0.4, 0.5) is 11.8 Å². The number of benzene rings is 2. The van der Waals surface area contributed by atoms with Gasteiger partial charge in [0.15, 0.2) is 11.4 Å². The van der Waals surface area contributed by atoms with Crippen molar-refractivity contribution in [1.29, 1.82) is 0 Å². The van der Waals surface area contributed by atoms with Crippen molar-refractivity contribution < 1.29 is 4.42 Å². The summed E-state index contributed by atoms with van der Waals surface area (Å²) in [4.78, 5) is 22.9. The summed E-state index contributed by atoms with van der Waals surface area (Å²) in [6, 6.07) is 17.3. The first-order chi connectivity index (χ1) is 19.4. The van der Waals surface area contributed by atoms with Crippen molar-refractivity contribution in [3.05, 3.63) is 93.5 Å². The van der Waals surface area contributed by atoms with E-state index in [4.69, 9.17) is 24.1 Å². The summed E-state index contributed by atoms with van der Waals surface area (Å²) >= 11 is -0.885. The van der Waals surface area contributed by atoms with Crippen molar-refractivity contribution in [2.45, 2.75) is 20.4 Å². The minimum Gasteiger partial charge on any atom is -0.424 e. The number of fused-ring (bicyclic) bond motifs is 3. The summed E-state index contributed by atoms with van der Waals surface area (Å²) in [7, 11) is 0. The number of hydrogen-bond acceptors (Lipinski definition) is 9. The summed E-state index contributed by atoms with van der Waals surface area (Å²) in [5.41, 5.74) is 17.8. The number of amidine groups is 1. The molecular formula is C28H22IN9O2. The Morgan fingerprint density at radius 1 is 1.02 bits per heavy atom. The zero-order valence-electron chi connectivity index (χ0n) is 21.5. The average Bonchev–Trinajstić information content (AvgIpc) is 3.49. The fourth-order valence-electron chi connectivity index (χ4n) is 5.12. The van der Waals surface area contributed by atoms with E-state index in [9.17, 15) is 4.79 Å². The molecule has 1 aliphatic rings. The summed E-state index contributed by atoms with van der Waals surface area (Å²) in [6.45, 7) is 4.15. The highest BCUT2D eigenvalue weighted by atomic mass is 127. The fourth-order valence-corrected chi connectivity index (χ4v) is 6.40. The number of rotatable bonds is 4. The van der Waals surface area contributed by atoms with Crippen molar-refractivity contribution in [3.8, 4) is 17.1 Å². The van der Waals surface area contributed by atoms with E-state index >= 15 is 0 Å². The normalized spacial score (nSPS) is 12.9. The summed E-state index contributed by atoms with van der Waals surface area (Å²) in [5.74, 6) is 1.61. The van der Waals surface area contributed by atoms with Crippen molar-refractivity contribution in [1.82, 2.24) is 24.3 Å². The predicted octanol–water partition coefficient (Wildman–Crippen LogP) is 5.06. The summed E-state index contributed by atoms with van der Waals surface area (Å²) < 4.78 is 18.1. The largest absolute Gasteiger partial charge is 0.424 e. The zero-order valence-corrected chi connectivity index (χ0v) is 23.6. The number of hydrogen-bond donors (Lipinski definition) is 2. The van der Waals surface area contributed by atoms with Gasteiger partial charge in [-0.25, -0.2) is 9.67 Å². The van der Waals surface area contributed by atoms with Crippen LogP contribution >= 0.6 is 21.3 Å². The molecule has 5 heterocycles. The average molecular weight is 643 g/mol. The van der Waals surface area contributed by atoms with Crippen LogP contribution in [-0.2, 0) is 6.54 Å². The van der Waals surface area contributed by atoms with Crippen LogP contribution in [0.3, 0.4) is 0 Å². The van der Waals surface area contributed by atoms with Crippen molar-refractivity contribution in [2.75, 3.05) is 5.73 Å². The lowest BCUT2D eigenvalue weighted by Crippen LogP contribution is -2.25. The molecule has 7 rings (SSSR count). The monoisotopic (exact) mass is 643 g/mol. The minimum absolute atomic E-state index is 0.0925. The van der Waals surface area contributed by atoms with Gasteiger partial charge in [0, 0.05) is 11.8 Å². The van der Waals surface area contributed by atoms with E-state index in [0.717, 1.165) is 27.8 Å². The molecule has 0 bridgehead atoms. The molecule has 0 aliphatic carbocycles. The molecular weight excluding hydrogens is 621 g/mol. The molecule has 0 spiro atoms. The first-order valence-corrected chi connectivity index (χ1v) is 14.3. The minimum atomic E-state index is -0.885. The second-order valence-corrected chi connectivity index (χ2v) is 10.9. The molecule has 0 fully saturated rings. The smallest absolute Gasteiger partial charge is 0.292 e. The van der Waals surface area contributed by atoms with Gasteiger partial charge in [0.2, 0.25) is 0 Å². The summed E-state index contributed by atoms with van der Waals surface area (Å²) in [5, 5.41) is 6.47. The Hall–Kier alpha value is -4.72. The lowest BCUT2D eigenvalue weighted by molar-refractivity contribution is 0.626. The Morgan fingerprint density at radius 3 is 2.73 bits per heavy atom. The van der Waals surface area contributed by atoms with Gasteiger partial charge in [-0.2, -0.15) is 16.4 Å². The van der Waals surface area contributed by atoms with Crippen LogP contribution in [0.15, 0.2) is 76.4 Å². The Balaban J connectivity index is 1.45. The maximum absolute atomic E-state index is 14.0. The first-order valence-electron chi connectivity index (χ1n) is 12.4. The van der Waals surface area contributed by atoms with Crippen molar-refractivity contribution in [2.24, 2.45) is 12.1 Å². The maximum atomic E-state index is 14.0. The van der Waals surface area contributed by atoms with Crippen LogP contribution in [-0.4, -0.2) is 30.2 Å². The molecule has 0 saturated heterocycles. The van der Waals surface area contributed by atoms with E-state index in [1.165, 1.54) is 0 Å². The number of pyridine rings is 2. The molecule has 0 radical (unpaired) electrons. The van der Waals surface area contributed by atoms with Crippen LogP contribution < -0.4 is 17.0 Å². The van der Waals surface area contributed by atoms with E-state index in [1.807, 2.05) is 62.4 Å². The number of nitrogen functional groups attached to an aromatic ring is 1. The fraction of sp³-hybridized carbons (Fsp3) is 0.107. The Bertz CT molecular complexity index is 2120. The Kier molecular flexibility index (Phi) is 5.59. The van der Waals surface area contributed by atoms with Crippen molar-refractivity contribution in [3.63, 3.8) is 0 Å². The number of nitrogens with two attached hydrogens (primary N) is 2. The second-order valence-electron chi connectivity index (χ2n) is 9.53. The van der Waals surface area contributed by atoms with Crippen LogP contribution in [0.2, 0.25) is 0 Å². The molecule has 40 heavy (non-hydrogen) atoms. The van der Waals surface area contributed by atoms with Gasteiger partial charge in [-0.05, 0) is 60.7 Å². The molecule has 12 heteroatoms. The van der Waals surface area contributed by atoms with Crippen LogP contribution in [0.5, 0.6) is 0 Å². The zero-order chi connectivity index (χ0) is 27.5. The highest BCUT2D eigenvalue weighted by Gasteiger charge is 2.26. The third-order valence-corrected chi connectivity index (χ3v) is 8.35. The van der Waals surface area contributed by atoms with E-state index in [-0.39, 0.29) is 18.1 Å². The molecule has 2 aromatic carbocycles. The van der Waals surface area contributed by atoms with Crippen LogP contribution in [0.1, 0.15) is 22.4 Å². The topological polar surface area (TPSA) is 156 Å². The molecule has 1 aliphatic heterocycles. The van der Waals surface area contributed by atoms with Gasteiger partial charge >= 0.3 is 0 Å². The predicted molar refractivity (Wildman–Crippen MR) is 162 cm³/mol. The third-order valence-electron chi connectivity index (χ3n) is 6.94. The number of aryl methyl sites for hydroxylation is 2. The van der Waals surface area contributed by atoms with Crippen LogP contribution in [0.25, 0.3) is 38.9 Å². The van der Waals surface area contributed by atoms with E-state index in [1.54, 1.807) is 21.5 Å². The van der Waals surface area contributed by atoms with Gasteiger partial charge in [-0.15, -0.1) is 0 Å². The third kappa shape index (κ3) is 3.82. The number of aromatic nitrogens is 5. The van der Waals surface area contributed by atoms with Crippen LogP contribution in [0, 0.1) is 13.8 Å². The first kappa shape index (κ1) is 24.3. The summed E-state index contributed by atoms with van der Waals surface area (Å²) in [6.07, 6.45) is 1.69. The van der Waals surface area contributed by atoms with E-state index in [2.05, 4.69) is 13.2 Å². The molecule has 0 unspecified atom stereocenters. The quantitative estimate of drug-likeness (QED) is 0.255. The number of halogens is 1. The number of nitrogens with zero attached hydrogens (tertiary/aromatic N) is 7. The molecule has 0 saturated carbocycles. The second kappa shape index (κ2) is 9.19. The lowest BCUT2D eigenvalue weighted by Gasteiger charge is -2.17. The number of anilines is 1. The Morgan fingerprint density at radius 2 is 1.88 bits per heavy atom. The van der Waals surface area contributed by atoms with Gasteiger partial charge < -0.3 is 15.9 Å². The van der Waals surface area contributed by atoms with E-state index < -0.39 is 21.3 Å². The van der Waals surface area contributed by atoms with Gasteiger partial charge in [0.25, 0.3) is 11.6 Å².